The number of aromatic nitrogens is 4. The molecule has 3 fully saturated rings. The number of hydrogen-bond donors (Lipinski definition) is 6. The number of hydrogen-bond acceptors (Lipinski definition) is 11. The maximum atomic E-state index is 15.7. The second-order valence-corrected chi connectivity index (χ2v) is 18.2. The van der Waals surface area contributed by atoms with Crippen LogP contribution >= 0.6 is 0 Å². The normalized spacial score (nSPS) is 17.9. The standard InChI is InChI=1S/C49H47F6N15O6/c50-24-5-7-36(30(52)17-24)69-22-28(46(73)74)40(71)26-19-32(54)44(62-42(26)69)66-11-9-65(10-12-66)39(57)21-38(56)60-34-3-1-2-4-35(34)61-48(58)64-49(59)68-15-13-67(14-16-68)45-33(55)20-27-41(72)29(47(75)76)23-70(43(27)63-45)37-8-6-25(51)18-31(37)53/h5-8,17-20,22-23,34-35,57H,1-4,9-16,21H2,(H2,56,60)(H,73,74)(H,75,76)(H4,58,59,61,64). The number of nitrogens with one attached hydrogen (secondary N) is 1. The third-order valence-corrected chi connectivity index (χ3v) is 13.4. The quantitative estimate of drug-likeness (QED) is 0.0644. The van der Waals surface area contributed by atoms with Crippen LogP contribution in [0.5, 0.6) is 0 Å². The van der Waals surface area contributed by atoms with Crippen molar-refractivity contribution in [2.45, 2.75) is 44.2 Å². The van der Waals surface area contributed by atoms with Gasteiger partial charge in [0.15, 0.2) is 40.5 Å². The number of aromatic carboxylic acids is 2. The van der Waals surface area contributed by atoms with Crippen LogP contribution in [0.15, 0.2) is 85.5 Å². The van der Waals surface area contributed by atoms with Gasteiger partial charge in [0.05, 0.1) is 40.7 Å². The first kappa shape index (κ1) is 51.8. The Hall–Kier alpha value is -9.04. The first-order chi connectivity index (χ1) is 36.3. The Bertz CT molecular complexity index is 3570. The number of rotatable bonds is 10. The summed E-state index contributed by atoms with van der Waals surface area (Å²) in [5.41, 5.74) is 14.3. The Morgan fingerprint density at radius 2 is 1.05 bits per heavy atom. The number of amidine groups is 2. The van der Waals surface area contributed by atoms with Crippen LogP contribution in [0.4, 0.5) is 38.0 Å². The largest absolute Gasteiger partial charge is 0.477 e. The molecule has 76 heavy (non-hydrogen) atoms. The van der Waals surface area contributed by atoms with Gasteiger partial charge in [-0.2, -0.15) is 4.99 Å². The van der Waals surface area contributed by atoms with E-state index in [4.69, 9.17) is 27.6 Å². The molecule has 2 saturated heterocycles. The maximum absolute atomic E-state index is 15.7. The van der Waals surface area contributed by atoms with Crippen molar-refractivity contribution in [2.75, 3.05) is 62.2 Å². The van der Waals surface area contributed by atoms with Crippen LogP contribution in [0.25, 0.3) is 33.4 Å². The van der Waals surface area contributed by atoms with Crippen molar-refractivity contribution < 1.29 is 46.1 Å². The molecule has 6 aromatic rings. The maximum Gasteiger partial charge on any atom is 0.341 e. The minimum atomic E-state index is -1.64. The summed E-state index contributed by atoms with van der Waals surface area (Å²) in [6.07, 6.45) is 4.55. The summed E-state index contributed by atoms with van der Waals surface area (Å²) in [5.74, 6) is -9.33. The van der Waals surface area contributed by atoms with E-state index < -0.39 is 91.7 Å². The summed E-state index contributed by atoms with van der Waals surface area (Å²) in [5, 5.41) is 27.3. The molecule has 9 rings (SSSR count). The van der Waals surface area contributed by atoms with Crippen molar-refractivity contribution in [3.63, 3.8) is 0 Å². The molecule has 1 saturated carbocycles. The monoisotopic (exact) mass is 1060 g/mol. The number of halogens is 6. The lowest BCUT2D eigenvalue weighted by Crippen LogP contribution is -2.52. The van der Waals surface area contributed by atoms with Gasteiger partial charge in [-0.25, -0.2) is 50.9 Å². The number of fused-ring (bicyclic) bond motifs is 2. The van der Waals surface area contributed by atoms with E-state index in [-0.39, 0.29) is 117 Å². The number of piperazine rings is 2. The average Bonchev–Trinajstić information content (AvgIpc) is 3.40. The molecule has 2 unspecified atom stereocenters. The SMILES string of the molecule is N=C(CC(N)=NC1CCCCC1N=C(N)N=C(N)N1CCN(c2nc3c(cc2F)c(=O)c(C(=O)O)cn3-c2ccc(F)cc2F)CC1)N1CCN(c2nc3c(cc2F)c(=O)c(C(=O)O)cn3-c2ccc(F)cc2F)CC1. The summed E-state index contributed by atoms with van der Waals surface area (Å²) in [4.78, 5) is 78.9. The van der Waals surface area contributed by atoms with Crippen LogP contribution < -0.4 is 37.9 Å². The third kappa shape index (κ3) is 10.4. The number of anilines is 2. The van der Waals surface area contributed by atoms with Crippen molar-refractivity contribution in [1.82, 2.24) is 28.9 Å². The van der Waals surface area contributed by atoms with Crippen molar-refractivity contribution in [2.24, 2.45) is 32.2 Å². The van der Waals surface area contributed by atoms with Gasteiger partial charge in [-0.05, 0) is 49.2 Å². The van der Waals surface area contributed by atoms with Gasteiger partial charge in [-0.1, -0.05) is 12.8 Å². The molecule has 0 amide bonds. The van der Waals surface area contributed by atoms with Crippen LogP contribution in [0.2, 0.25) is 0 Å². The molecule has 27 heteroatoms. The summed E-state index contributed by atoms with van der Waals surface area (Å²) in [6.45, 7) is 1.44. The molecule has 2 aromatic carbocycles. The second kappa shape index (κ2) is 21.1. The Kier molecular flexibility index (Phi) is 14.4. The lowest BCUT2D eigenvalue weighted by molar-refractivity contribution is 0.0684. The van der Waals surface area contributed by atoms with Crippen LogP contribution in [0, 0.1) is 40.3 Å². The molecule has 4 aromatic heterocycles. The highest BCUT2D eigenvalue weighted by molar-refractivity contribution is 6.00. The zero-order valence-electron chi connectivity index (χ0n) is 40.1. The number of nitrogens with zero attached hydrogens (tertiary/aromatic N) is 11. The molecule has 21 nitrogen and oxygen atoms in total. The number of carboxylic acid groups (broad SMARTS) is 2. The zero-order chi connectivity index (χ0) is 54.3. The number of carbonyl (C=O) groups is 2. The van der Waals surface area contributed by atoms with Crippen molar-refractivity contribution >= 4 is 69.2 Å². The summed E-state index contributed by atoms with van der Waals surface area (Å²) >= 11 is 0. The summed E-state index contributed by atoms with van der Waals surface area (Å²) < 4.78 is 91.0. The fourth-order valence-corrected chi connectivity index (χ4v) is 9.55. The van der Waals surface area contributed by atoms with Gasteiger partial charge in [-0.15, -0.1) is 0 Å². The van der Waals surface area contributed by atoms with Crippen LogP contribution in [0.3, 0.4) is 0 Å². The van der Waals surface area contributed by atoms with Gasteiger partial charge >= 0.3 is 11.9 Å². The lowest BCUT2D eigenvalue weighted by atomic mass is 9.91. The average molecular weight is 1060 g/mol. The van der Waals surface area contributed by atoms with Gasteiger partial charge in [-0.3, -0.25) is 29.1 Å². The molecule has 6 heterocycles. The highest BCUT2D eigenvalue weighted by Gasteiger charge is 2.30. The van der Waals surface area contributed by atoms with Gasteiger partial charge in [0.25, 0.3) is 0 Å². The smallest absolute Gasteiger partial charge is 0.341 e. The number of pyridine rings is 4. The van der Waals surface area contributed by atoms with E-state index in [1.54, 1.807) is 19.6 Å². The molecular formula is C49H47F6N15O6. The van der Waals surface area contributed by atoms with E-state index in [2.05, 4.69) is 20.0 Å². The first-order valence-electron chi connectivity index (χ1n) is 23.7. The van der Waals surface area contributed by atoms with Crippen LogP contribution in [-0.2, 0) is 0 Å². The zero-order valence-corrected chi connectivity index (χ0v) is 40.1. The Balaban J connectivity index is 0.834. The van der Waals surface area contributed by atoms with E-state index in [0.717, 1.165) is 70.8 Å². The lowest BCUT2D eigenvalue weighted by Gasteiger charge is -2.37. The van der Waals surface area contributed by atoms with Crippen molar-refractivity contribution in [1.29, 1.82) is 5.41 Å². The molecule has 0 radical (unpaired) electrons. The van der Waals surface area contributed by atoms with E-state index in [1.165, 1.54) is 0 Å². The van der Waals surface area contributed by atoms with Gasteiger partial charge in [0, 0.05) is 76.9 Å². The first-order valence-corrected chi connectivity index (χ1v) is 23.7. The molecule has 2 aliphatic heterocycles. The minimum absolute atomic E-state index is 0.0210. The van der Waals surface area contributed by atoms with Crippen LogP contribution in [-0.4, -0.2) is 139 Å². The van der Waals surface area contributed by atoms with Crippen molar-refractivity contribution in [3.05, 3.63) is 127 Å². The molecule has 396 valence electrons. The van der Waals surface area contributed by atoms with E-state index in [0.29, 0.717) is 25.0 Å². The number of nitrogens with two attached hydrogens (primary N) is 3. The van der Waals surface area contributed by atoms with E-state index >= 15 is 17.6 Å². The number of benzene rings is 2. The number of guanidine groups is 2. The highest BCUT2D eigenvalue weighted by atomic mass is 19.2. The van der Waals surface area contributed by atoms with Crippen LogP contribution in [0.1, 0.15) is 52.8 Å². The van der Waals surface area contributed by atoms with Gasteiger partial charge in [0.1, 0.15) is 46.1 Å². The molecule has 0 spiro atoms. The van der Waals surface area contributed by atoms with E-state index in [1.807, 2.05) is 0 Å². The Morgan fingerprint density at radius 3 is 1.49 bits per heavy atom. The summed E-state index contributed by atoms with van der Waals surface area (Å²) in [6, 6.07) is 5.96. The summed E-state index contributed by atoms with van der Waals surface area (Å²) in [7, 11) is 0. The number of carboxylic acids is 2. The molecule has 2 atom stereocenters. The topological polar surface area (TPSA) is 296 Å². The Labute approximate surface area is 426 Å². The second-order valence-electron chi connectivity index (χ2n) is 18.2. The third-order valence-electron chi connectivity index (χ3n) is 13.4. The minimum Gasteiger partial charge on any atom is -0.477 e. The van der Waals surface area contributed by atoms with Gasteiger partial charge in [0.2, 0.25) is 16.8 Å². The highest BCUT2D eigenvalue weighted by Crippen LogP contribution is 2.29. The van der Waals surface area contributed by atoms with E-state index in [9.17, 15) is 38.2 Å². The fraction of sp³-hybridized carbons (Fsp3) is 0.306. The van der Waals surface area contributed by atoms with Gasteiger partial charge < -0.3 is 47.0 Å². The predicted octanol–water partition coefficient (Wildman–Crippen LogP) is 3.93. The predicted molar refractivity (Wildman–Crippen MR) is 269 cm³/mol. The molecule has 9 N–H and O–H groups in total. The Morgan fingerprint density at radius 1 is 0.618 bits per heavy atom. The fourth-order valence-electron chi connectivity index (χ4n) is 9.55. The number of aliphatic imine (C=N–C) groups is 3. The molecule has 3 aliphatic rings. The van der Waals surface area contributed by atoms with Crippen molar-refractivity contribution in [3.8, 4) is 11.4 Å². The molecule has 1 aliphatic carbocycles. The molecular weight excluding hydrogens is 1010 g/mol. The molecule has 0 bridgehead atoms.